The predicted molar refractivity (Wildman–Crippen MR) is 51.7 cm³/mol. The smallest absolute Gasteiger partial charge is 0.0824 e. The lowest BCUT2D eigenvalue weighted by molar-refractivity contribution is 1.30. The second-order valence-corrected chi connectivity index (χ2v) is 3.31. The number of nitrogens with one attached hydrogen (secondary N) is 1. The fourth-order valence-corrected chi connectivity index (χ4v) is 1.41. The topological polar surface area (TPSA) is 28.7 Å². The number of rotatable bonds is 1. The summed E-state index contributed by atoms with van der Waals surface area (Å²) in [5.41, 5.74) is 2.25. The first kappa shape index (κ1) is 7.55. The molecule has 0 aliphatic heterocycles. The molecule has 0 bridgehead atoms. The van der Waals surface area contributed by atoms with Crippen molar-refractivity contribution in [1.82, 2.24) is 9.97 Å². The van der Waals surface area contributed by atoms with Gasteiger partial charge in [-0.15, -0.1) is 0 Å². The fraction of sp³-hybridized carbons (Fsp3) is 0. The highest BCUT2D eigenvalue weighted by molar-refractivity contribution is 9.10. The molecular weight excluding hydrogens is 216 g/mol. The van der Waals surface area contributed by atoms with Crippen LogP contribution in [0.3, 0.4) is 0 Å². The van der Waals surface area contributed by atoms with E-state index in [-0.39, 0.29) is 0 Å². The van der Waals surface area contributed by atoms with Crippen LogP contribution in [-0.2, 0) is 0 Å². The average Bonchev–Trinajstić information content (AvgIpc) is 2.54. The lowest BCUT2D eigenvalue weighted by Crippen LogP contribution is -1.76. The van der Waals surface area contributed by atoms with Crippen LogP contribution >= 0.6 is 15.9 Å². The molecule has 0 aliphatic rings. The van der Waals surface area contributed by atoms with Crippen LogP contribution in [0.2, 0.25) is 0 Å². The van der Waals surface area contributed by atoms with Gasteiger partial charge in [0.1, 0.15) is 0 Å². The van der Waals surface area contributed by atoms with Gasteiger partial charge in [-0.1, -0.05) is 0 Å². The number of nitrogens with zero attached hydrogens (tertiary/aromatic N) is 1. The van der Waals surface area contributed by atoms with E-state index in [4.69, 9.17) is 0 Å². The maximum Gasteiger partial charge on any atom is 0.0824 e. The minimum atomic E-state index is 0.995. The van der Waals surface area contributed by atoms with E-state index in [0.29, 0.717) is 0 Å². The highest BCUT2D eigenvalue weighted by atomic mass is 79.9. The molecule has 60 valence electrons. The maximum atomic E-state index is 3.95. The van der Waals surface area contributed by atoms with Crippen molar-refractivity contribution in [3.8, 4) is 11.3 Å². The minimum Gasteiger partial charge on any atom is -0.349 e. The molecule has 2 heterocycles. The Bertz CT molecular complexity index is 367. The van der Waals surface area contributed by atoms with Crippen molar-refractivity contribution in [3.63, 3.8) is 0 Å². The predicted octanol–water partition coefficient (Wildman–Crippen LogP) is 2.84. The number of hydrogen-bond acceptors (Lipinski definition) is 1. The summed E-state index contributed by atoms with van der Waals surface area (Å²) in [4.78, 5) is 7.13. The van der Waals surface area contributed by atoms with Crippen molar-refractivity contribution in [2.24, 2.45) is 0 Å². The number of pyridine rings is 1. The lowest BCUT2D eigenvalue weighted by atomic mass is 10.2. The Hall–Kier alpha value is -1.09. The molecule has 0 fully saturated rings. The Morgan fingerprint density at radius 1 is 1.08 bits per heavy atom. The van der Waals surface area contributed by atoms with Crippen molar-refractivity contribution >= 4 is 15.9 Å². The van der Waals surface area contributed by atoms with Crippen molar-refractivity contribution in [2.45, 2.75) is 0 Å². The van der Waals surface area contributed by atoms with E-state index >= 15 is 0 Å². The van der Waals surface area contributed by atoms with Crippen LogP contribution in [0.15, 0.2) is 41.3 Å². The Labute approximate surface area is 78.8 Å². The number of aromatic amines is 1. The summed E-state index contributed by atoms with van der Waals surface area (Å²) in [5, 5.41) is 0. The van der Waals surface area contributed by atoms with Crippen LogP contribution in [0.25, 0.3) is 11.3 Å². The number of halogens is 1. The zero-order valence-electron chi connectivity index (χ0n) is 6.29. The molecule has 0 amide bonds. The summed E-state index contributed by atoms with van der Waals surface area (Å²) < 4.78 is 0.995. The highest BCUT2D eigenvalue weighted by Crippen LogP contribution is 2.19. The minimum absolute atomic E-state index is 0.995. The monoisotopic (exact) mass is 222 g/mol. The molecular formula is C9H7BrN2. The average molecular weight is 223 g/mol. The van der Waals surface area contributed by atoms with Crippen LogP contribution in [0.4, 0.5) is 0 Å². The summed E-state index contributed by atoms with van der Waals surface area (Å²) in [5.74, 6) is 0. The van der Waals surface area contributed by atoms with Crippen LogP contribution in [-0.4, -0.2) is 9.97 Å². The van der Waals surface area contributed by atoms with Crippen molar-refractivity contribution in [1.29, 1.82) is 0 Å². The molecule has 0 aromatic carbocycles. The van der Waals surface area contributed by atoms with E-state index in [2.05, 4.69) is 25.9 Å². The first-order valence-corrected chi connectivity index (χ1v) is 4.40. The largest absolute Gasteiger partial charge is 0.349 e. The van der Waals surface area contributed by atoms with Gasteiger partial charge in [0.2, 0.25) is 0 Å². The van der Waals surface area contributed by atoms with E-state index in [1.54, 1.807) is 12.4 Å². The molecule has 2 aromatic heterocycles. The van der Waals surface area contributed by atoms with E-state index in [1.807, 2.05) is 24.3 Å². The quantitative estimate of drug-likeness (QED) is 0.791. The number of aromatic nitrogens is 2. The van der Waals surface area contributed by atoms with Gasteiger partial charge in [-0.25, -0.2) is 0 Å². The molecule has 2 nitrogen and oxygen atoms in total. The van der Waals surface area contributed by atoms with Gasteiger partial charge >= 0.3 is 0 Å². The van der Waals surface area contributed by atoms with Gasteiger partial charge < -0.3 is 4.98 Å². The molecule has 3 heteroatoms. The van der Waals surface area contributed by atoms with E-state index in [1.165, 1.54) is 0 Å². The molecule has 0 radical (unpaired) electrons. The maximum absolute atomic E-state index is 3.95. The van der Waals surface area contributed by atoms with Gasteiger partial charge in [-0.05, 0) is 40.2 Å². The Kier molecular flexibility index (Phi) is 1.96. The van der Waals surface area contributed by atoms with Gasteiger partial charge in [-0.2, -0.15) is 0 Å². The third kappa shape index (κ3) is 1.41. The van der Waals surface area contributed by atoms with E-state index in [9.17, 15) is 0 Å². The van der Waals surface area contributed by atoms with E-state index in [0.717, 1.165) is 15.9 Å². The Balaban J connectivity index is 2.45. The van der Waals surface area contributed by atoms with Gasteiger partial charge in [0.25, 0.3) is 0 Å². The fourth-order valence-electron chi connectivity index (χ4n) is 1.07. The van der Waals surface area contributed by atoms with Gasteiger partial charge in [-0.3, -0.25) is 4.98 Å². The Morgan fingerprint density at radius 3 is 2.42 bits per heavy atom. The summed E-state index contributed by atoms with van der Waals surface area (Å²) in [6.07, 6.45) is 3.56. The van der Waals surface area contributed by atoms with Crippen molar-refractivity contribution < 1.29 is 0 Å². The SMILES string of the molecule is Brc1ccc(-c2ccncc2)[nH]1. The van der Waals surface area contributed by atoms with Gasteiger partial charge in [0, 0.05) is 23.7 Å². The summed E-state index contributed by atoms with van der Waals surface area (Å²) in [6, 6.07) is 7.95. The van der Waals surface area contributed by atoms with Crippen LogP contribution in [0, 0.1) is 0 Å². The summed E-state index contributed by atoms with van der Waals surface area (Å²) >= 11 is 3.36. The molecule has 1 N–H and O–H groups in total. The molecule has 0 aliphatic carbocycles. The van der Waals surface area contributed by atoms with Crippen molar-refractivity contribution in [3.05, 3.63) is 41.3 Å². The second kappa shape index (κ2) is 3.11. The first-order valence-electron chi connectivity index (χ1n) is 3.61. The zero-order valence-corrected chi connectivity index (χ0v) is 7.88. The Morgan fingerprint density at radius 2 is 1.83 bits per heavy atom. The first-order chi connectivity index (χ1) is 5.86. The number of H-pyrrole nitrogens is 1. The lowest BCUT2D eigenvalue weighted by Gasteiger charge is -1.94. The molecule has 12 heavy (non-hydrogen) atoms. The normalized spacial score (nSPS) is 10.1. The molecule has 0 unspecified atom stereocenters. The number of hydrogen-bond donors (Lipinski definition) is 1. The van der Waals surface area contributed by atoms with Crippen LogP contribution in [0.1, 0.15) is 0 Å². The summed E-state index contributed by atoms with van der Waals surface area (Å²) in [7, 11) is 0. The van der Waals surface area contributed by atoms with E-state index < -0.39 is 0 Å². The molecule has 2 rings (SSSR count). The van der Waals surface area contributed by atoms with Gasteiger partial charge in [0.15, 0.2) is 0 Å². The molecule has 0 saturated heterocycles. The second-order valence-electron chi connectivity index (χ2n) is 2.46. The van der Waals surface area contributed by atoms with Crippen LogP contribution < -0.4 is 0 Å². The van der Waals surface area contributed by atoms with Crippen LogP contribution in [0.5, 0.6) is 0 Å². The molecule has 0 atom stereocenters. The van der Waals surface area contributed by atoms with Gasteiger partial charge in [0.05, 0.1) is 4.60 Å². The standard InChI is InChI=1S/C9H7BrN2/c10-9-2-1-8(12-9)7-3-5-11-6-4-7/h1-6,12H. The molecule has 0 spiro atoms. The summed E-state index contributed by atoms with van der Waals surface area (Å²) in [6.45, 7) is 0. The molecule has 0 saturated carbocycles. The molecule has 2 aromatic rings. The zero-order chi connectivity index (χ0) is 8.39. The van der Waals surface area contributed by atoms with Crippen molar-refractivity contribution in [2.75, 3.05) is 0 Å². The highest BCUT2D eigenvalue weighted by Gasteiger charge is 1.97. The third-order valence-corrected chi connectivity index (χ3v) is 2.10. The third-order valence-electron chi connectivity index (χ3n) is 1.64.